The minimum atomic E-state index is -0.998. The fourth-order valence-electron chi connectivity index (χ4n) is 2.25. The van der Waals surface area contributed by atoms with Gasteiger partial charge in [-0.25, -0.2) is 4.79 Å². The summed E-state index contributed by atoms with van der Waals surface area (Å²) in [5.74, 6) is -0.483. The zero-order chi connectivity index (χ0) is 18.1. The normalized spacial score (nSPS) is 11.2. The molecule has 25 heavy (non-hydrogen) atoms. The predicted octanol–water partition coefficient (Wildman–Crippen LogP) is 3.83. The van der Waals surface area contributed by atoms with E-state index in [2.05, 4.69) is 36.3 Å². The van der Waals surface area contributed by atoms with Gasteiger partial charge in [0.2, 0.25) is 0 Å². The highest BCUT2D eigenvalue weighted by molar-refractivity contribution is 6.00. The lowest BCUT2D eigenvalue weighted by molar-refractivity contribution is -0.139. The van der Waals surface area contributed by atoms with Gasteiger partial charge in [0.05, 0.1) is 5.71 Å². The van der Waals surface area contributed by atoms with Crippen molar-refractivity contribution >= 4 is 11.7 Å². The molecule has 2 rings (SSSR count). The number of ether oxygens (including phenoxy) is 1. The number of carbonyl (C=O) groups is 1. The van der Waals surface area contributed by atoms with Crippen molar-refractivity contribution in [1.29, 1.82) is 0 Å². The Morgan fingerprint density at radius 3 is 2.36 bits per heavy atom. The second kappa shape index (κ2) is 9.47. The van der Waals surface area contributed by atoms with Gasteiger partial charge in [0.15, 0.2) is 6.61 Å². The molecule has 5 heteroatoms. The van der Waals surface area contributed by atoms with Crippen LogP contribution in [0.1, 0.15) is 30.0 Å². The van der Waals surface area contributed by atoms with Crippen molar-refractivity contribution in [3.05, 3.63) is 65.2 Å². The molecule has 2 aromatic rings. The molecule has 0 spiro atoms. The van der Waals surface area contributed by atoms with Crippen molar-refractivity contribution in [2.45, 2.75) is 26.7 Å². The van der Waals surface area contributed by atoms with Crippen molar-refractivity contribution in [2.24, 2.45) is 5.16 Å². The summed E-state index contributed by atoms with van der Waals surface area (Å²) in [5, 5.41) is 12.8. The fraction of sp³-hybridized carbons (Fsp3) is 0.300. The van der Waals surface area contributed by atoms with E-state index < -0.39 is 5.97 Å². The van der Waals surface area contributed by atoms with Crippen LogP contribution < -0.4 is 4.74 Å². The minimum Gasteiger partial charge on any atom is -0.482 e. The van der Waals surface area contributed by atoms with E-state index in [4.69, 9.17) is 14.7 Å². The Balaban J connectivity index is 1.88. The molecule has 0 aromatic heterocycles. The first-order chi connectivity index (χ1) is 12.1. The molecule has 0 aliphatic heterocycles. The molecular weight excluding hydrogens is 318 g/mol. The van der Waals surface area contributed by atoms with Crippen molar-refractivity contribution in [1.82, 2.24) is 0 Å². The van der Waals surface area contributed by atoms with Gasteiger partial charge < -0.3 is 14.7 Å². The number of aliphatic carboxylic acids is 1. The Morgan fingerprint density at radius 1 is 1.08 bits per heavy atom. The van der Waals surface area contributed by atoms with Gasteiger partial charge >= 0.3 is 5.97 Å². The summed E-state index contributed by atoms with van der Waals surface area (Å²) < 4.78 is 5.12. The first kappa shape index (κ1) is 18.5. The Bertz CT molecular complexity index is 705. The molecule has 0 radical (unpaired) electrons. The number of hydrogen-bond acceptors (Lipinski definition) is 4. The minimum absolute atomic E-state index is 0.351. The molecule has 0 amide bonds. The zero-order valence-corrected chi connectivity index (χ0v) is 14.6. The topological polar surface area (TPSA) is 68.1 Å². The van der Waals surface area contributed by atoms with Crippen molar-refractivity contribution in [3.8, 4) is 5.75 Å². The lowest BCUT2D eigenvalue weighted by Crippen LogP contribution is -2.09. The molecule has 0 saturated heterocycles. The van der Waals surface area contributed by atoms with Crippen LogP contribution >= 0.6 is 0 Å². The van der Waals surface area contributed by atoms with E-state index in [0.29, 0.717) is 12.4 Å². The van der Waals surface area contributed by atoms with E-state index in [9.17, 15) is 4.79 Å². The molecule has 0 fully saturated rings. The van der Waals surface area contributed by atoms with Crippen LogP contribution in [0.4, 0.5) is 0 Å². The van der Waals surface area contributed by atoms with Gasteiger partial charge in [0.25, 0.3) is 0 Å². The van der Waals surface area contributed by atoms with Crippen molar-refractivity contribution in [3.63, 3.8) is 0 Å². The molecule has 0 aliphatic carbocycles. The van der Waals surface area contributed by atoms with Crippen LogP contribution in [-0.2, 0) is 16.1 Å². The lowest BCUT2D eigenvalue weighted by atomic mass is 10.1. The predicted molar refractivity (Wildman–Crippen MR) is 97.2 cm³/mol. The van der Waals surface area contributed by atoms with Crippen molar-refractivity contribution in [2.75, 3.05) is 13.2 Å². The summed E-state index contributed by atoms with van der Waals surface area (Å²) in [5.41, 5.74) is 4.24. The van der Waals surface area contributed by atoms with Crippen LogP contribution in [0.25, 0.3) is 0 Å². The van der Waals surface area contributed by atoms with Gasteiger partial charge in [-0.15, -0.1) is 0 Å². The molecule has 0 atom stereocenters. The summed E-state index contributed by atoms with van der Waals surface area (Å²) in [6.45, 7) is 4.25. The highest BCUT2D eigenvalue weighted by atomic mass is 16.6. The number of rotatable bonds is 9. The first-order valence-electron chi connectivity index (χ1n) is 8.28. The fourth-order valence-corrected chi connectivity index (χ4v) is 2.25. The van der Waals surface area contributed by atoms with Gasteiger partial charge in [-0.2, -0.15) is 0 Å². The summed E-state index contributed by atoms with van der Waals surface area (Å²) in [4.78, 5) is 16.0. The van der Waals surface area contributed by atoms with Crippen LogP contribution in [-0.4, -0.2) is 30.0 Å². The smallest absolute Gasteiger partial charge is 0.341 e. The van der Waals surface area contributed by atoms with E-state index in [0.717, 1.165) is 24.1 Å². The number of benzene rings is 2. The first-order valence-corrected chi connectivity index (χ1v) is 8.28. The molecule has 0 aliphatic rings. The highest BCUT2D eigenvalue weighted by Gasteiger charge is 2.04. The highest BCUT2D eigenvalue weighted by Crippen LogP contribution is 2.14. The van der Waals surface area contributed by atoms with E-state index in [1.165, 1.54) is 11.1 Å². The second-order valence-electron chi connectivity index (χ2n) is 5.67. The van der Waals surface area contributed by atoms with E-state index >= 15 is 0 Å². The maximum Gasteiger partial charge on any atom is 0.341 e. The van der Waals surface area contributed by atoms with Crippen LogP contribution in [0.15, 0.2) is 53.7 Å². The molecule has 132 valence electrons. The van der Waals surface area contributed by atoms with Gasteiger partial charge in [-0.3, -0.25) is 0 Å². The Labute approximate surface area is 147 Å². The molecule has 2 aromatic carbocycles. The third kappa shape index (κ3) is 6.30. The number of carboxylic acid groups (broad SMARTS) is 1. The molecule has 0 bridgehead atoms. The average Bonchev–Trinajstić information content (AvgIpc) is 2.62. The van der Waals surface area contributed by atoms with Crippen LogP contribution in [0.3, 0.4) is 0 Å². The van der Waals surface area contributed by atoms with Crippen LogP contribution in [0.2, 0.25) is 0 Å². The molecule has 1 N–H and O–H groups in total. The molecule has 0 unspecified atom stereocenters. The molecule has 0 heterocycles. The molecule has 5 nitrogen and oxygen atoms in total. The summed E-state index contributed by atoms with van der Waals surface area (Å²) in [7, 11) is 0. The van der Waals surface area contributed by atoms with E-state index in [1.807, 2.05) is 19.1 Å². The SMILES string of the molecule is CC/C(=N\OCCc1ccc(C)cc1)c1ccc(OCC(=O)O)cc1. The van der Waals surface area contributed by atoms with Gasteiger partial charge in [0, 0.05) is 6.42 Å². The molecule has 0 saturated carbocycles. The average molecular weight is 341 g/mol. The van der Waals surface area contributed by atoms with Crippen molar-refractivity contribution < 1.29 is 19.5 Å². The van der Waals surface area contributed by atoms with Crippen LogP contribution in [0.5, 0.6) is 5.75 Å². The van der Waals surface area contributed by atoms with Crippen LogP contribution in [0, 0.1) is 6.92 Å². The standard InChI is InChI=1S/C20H23NO4/c1-3-19(17-8-10-18(11-9-17)24-14-20(22)23)21-25-13-12-16-6-4-15(2)5-7-16/h4-11H,3,12-14H2,1-2H3,(H,22,23)/b21-19+. The van der Waals surface area contributed by atoms with Gasteiger partial charge in [0.1, 0.15) is 12.4 Å². The third-order valence-corrected chi connectivity index (χ3v) is 3.66. The second-order valence-corrected chi connectivity index (χ2v) is 5.67. The van der Waals surface area contributed by atoms with Gasteiger partial charge in [-0.1, -0.05) is 41.9 Å². The Morgan fingerprint density at radius 2 is 1.76 bits per heavy atom. The number of oxime groups is 1. The Kier molecular flexibility index (Phi) is 7.01. The van der Waals surface area contributed by atoms with E-state index in [-0.39, 0.29) is 6.61 Å². The largest absolute Gasteiger partial charge is 0.482 e. The summed E-state index contributed by atoms with van der Waals surface area (Å²) in [6.07, 6.45) is 1.54. The monoisotopic (exact) mass is 341 g/mol. The third-order valence-electron chi connectivity index (χ3n) is 3.66. The number of aryl methyl sites for hydroxylation is 1. The maximum absolute atomic E-state index is 10.5. The summed E-state index contributed by atoms with van der Waals surface area (Å²) >= 11 is 0. The zero-order valence-electron chi connectivity index (χ0n) is 14.6. The lowest BCUT2D eigenvalue weighted by Gasteiger charge is -2.07. The molecular formula is C20H23NO4. The quantitative estimate of drug-likeness (QED) is 0.427. The number of nitrogens with zero attached hydrogens (tertiary/aromatic N) is 1. The maximum atomic E-state index is 10.5. The Hall–Kier alpha value is -2.82. The van der Waals surface area contributed by atoms with E-state index in [1.54, 1.807) is 12.1 Å². The number of carboxylic acids is 1. The number of hydrogen-bond donors (Lipinski definition) is 1. The summed E-state index contributed by atoms with van der Waals surface area (Å²) in [6, 6.07) is 15.5. The van der Waals surface area contributed by atoms with Gasteiger partial charge in [-0.05, 0) is 48.7 Å².